The van der Waals surface area contributed by atoms with Crippen molar-refractivity contribution in [2.45, 2.75) is 18.1 Å². The third-order valence-electron chi connectivity index (χ3n) is 7.08. The van der Waals surface area contributed by atoms with Crippen LogP contribution in [-0.2, 0) is 14.0 Å². The summed E-state index contributed by atoms with van der Waals surface area (Å²) in [6.07, 6.45) is 13.4. The van der Waals surface area contributed by atoms with Crippen LogP contribution in [0.5, 0.6) is 17.4 Å². The first kappa shape index (κ1) is 32.0. The van der Waals surface area contributed by atoms with Crippen LogP contribution in [0.2, 0.25) is 5.54 Å². The van der Waals surface area contributed by atoms with Crippen molar-refractivity contribution < 1.29 is 33.5 Å². The molecular formula is C33H32N6O6Si+. The summed E-state index contributed by atoms with van der Waals surface area (Å²) in [6.45, 7) is 0.314. The number of hydrogen-bond acceptors (Lipinski definition) is 11. The highest BCUT2D eigenvalue weighted by Crippen LogP contribution is 2.36. The monoisotopic (exact) mass is 636 g/mol. The van der Waals surface area contributed by atoms with E-state index in [1.165, 1.54) is 24.5 Å². The summed E-state index contributed by atoms with van der Waals surface area (Å²) in [5.41, 5.74) is 0.783. The zero-order valence-corrected chi connectivity index (χ0v) is 25.7. The standard InChI is InChI=1S/C33H31N6O6Si/c34-16-23-18-39(19-23)20-29(42)30(21-43-14-15-44-46(24-8-3-1-4-9-24)25-10-5-2-6-11-25)45-33-26(17-35)32(36-22-37-33)38-31-27(40)12-7-13-28(31)41/h1-10,12-13,17-19,22,25,30H,11,14-15,20-21H2,(H3-,35,36,37,38,40,41)/p+1. The normalized spacial score (nSPS) is 15.7. The summed E-state index contributed by atoms with van der Waals surface area (Å²) >= 11 is 0. The second kappa shape index (κ2) is 15.5. The molecule has 233 valence electrons. The number of aromatic nitrogens is 2. The van der Waals surface area contributed by atoms with Crippen LogP contribution in [0.3, 0.4) is 0 Å². The number of phenols is 2. The fraction of sp³-hybridized carbons (Fsp3) is 0.212. The molecule has 2 heterocycles. The molecule has 1 aromatic heterocycles. The van der Waals surface area contributed by atoms with Crippen LogP contribution < -0.4 is 15.2 Å². The second-order valence-electron chi connectivity index (χ2n) is 10.3. The molecule has 0 saturated heterocycles. The Labute approximate surface area is 267 Å². The molecule has 1 aliphatic carbocycles. The number of phenolic OH excluding ortho intramolecular Hbond substituents is 2. The fourth-order valence-electron chi connectivity index (χ4n) is 4.76. The molecule has 0 fully saturated rings. The van der Waals surface area contributed by atoms with Crippen LogP contribution in [0.4, 0.5) is 11.5 Å². The molecule has 0 saturated carbocycles. The highest BCUT2D eigenvalue weighted by molar-refractivity contribution is 6.69. The molecule has 12 nitrogen and oxygen atoms in total. The predicted molar refractivity (Wildman–Crippen MR) is 173 cm³/mol. The van der Waals surface area contributed by atoms with Crippen LogP contribution in [-0.4, -0.2) is 84.5 Å². The molecule has 1 radical (unpaired) electrons. The van der Waals surface area contributed by atoms with Gasteiger partial charge in [0.2, 0.25) is 18.2 Å². The Hall–Kier alpha value is -5.42. The number of aromatic hydroxyl groups is 2. The number of carbonyl (C=O) groups is 1. The maximum absolute atomic E-state index is 13.4. The zero-order chi connectivity index (χ0) is 32.3. The van der Waals surface area contributed by atoms with Crippen LogP contribution >= 0.6 is 0 Å². The Kier molecular flexibility index (Phi) is 10.8. The summed E-state index contributed by atoms with van der Waals surface area (Å²) in [5, 5.41) is 41.4. The molecular weight excluding hydrogens is 604 g/mol. The number of allylic oxidation sites excluding steroid dienone is 5. The lowest BCUT2D eigenvalue weighted by atomic mass is 10.2. The van der Waals surface area contributed by atoms with Crippen molar-refractivity contribution in [3.8, 4) is 23.4 Å². The highest BCUT2D eigenvalue weighted by atomic mass is 28.3. The van der Waals surface area contributed by atoms with E-state index in [4.69, 9.17) is 24.6 Å². The molecule has 2 aliphatic rings. The van der Waals surface area contributed by atoms with E-state index in [-0.39, 0.29) is 65.5 Å². The van der Waals surface area contributed by atoms with Gasteiger partial charge in [-0.3, -0.25) is 4.79 Å². The lowest BCUT2D eigenvalue weighted by molar-refractivity contribution is -0.450. The number of para-hydroxylation sites is 1. The number of nitriles is 1. The smallest absolute Gasteiger partial charge is 0.254 e. The van der Waals surface area contributed by atoms with Gasteiger partial charge < -0.3 is 34.8 Å². The van der Waals surface area contributed by atoms with Crippen LogP contribution in [0.15, 0.2) is 90.9 Å². The molecule has 2 atom stereocenters. The summed E-state index contributed by atoms with van der Waals surface area (Å²) < 4.78 is 19.9. The first-order valence-corrected chi connectivity index (χ1v) is 16.0. The Bertz CT molecular complexity index is 1720. The number of nitrogens with zero attached hydrogens (tertiary/aromatic N) is 4. The van der Waals surface area contributed by atoms with Crippen molar-refractivity contribution in [3.63, 3.8) is 0 Å². The van der Waals surface area contributed by atoms with E-state index in [2.05, 4.69) is 39.6 Å². The van der Waals surface area contributed by atoms with Crippen molar-refractivity contribution >= 4 is 43.9 Å². The van der Waals surface area contributed by atoms with Gasteiger partial charge in [0.15, 0.2) is 24.1 Å². The Morgan fingerprint density at radius 2 is 1.93 bits per heavy atom. The highest BCUT2D eigenvalue weighted by Gasteiger charge is 2.30. The van der Waals surface area contributed by atoms with E-state index in [0.29, 0.717) is 12.2 Å². The topological polar surface area (TPSA) is 174 Å². The SMILES string of the molecule is N#CC1=C[N+](CC(=O)C(COCCO[Si](c2ccccc2)C2C=CC=CC2)Oc2ncnc(Nc3c(O)cccc3O)c2C=N)=C1. The van der Waals surface area contributed by atoms with Gasteiger partial charge >= 0.3 is 0 Å². The predicted octanol–water partition coefficient (Wildman–Crippen LogP) is 3.27. The number of rotatable bonds is 16. The molecule has 0 bridgehead atoms. The number of ether oxygens (including phenoxy) is 2. The zero-order valence-electron chi connectivity index (χ0n) is 24.7. The molecule has 13 heteroatoms. The average molecular weight is 637 g/mol. The number of hydrogen-bond donors (Lipinski definition) is 4. The largest absolute Gasteiger partial charge is 0.506 e. The van der Waals surface area contributed by atoms with E-state index < -0.39 is 15.1 Å². The Morgan fingerprint density at radius 1 is 1.15 bits per heavy atom. The maximum atomic E-state index is 13.4. The van der Waals surface area contributed by atoms with Gasteiger partial charge in [-0.1, -0.05) is 60.7 Å². The van der Waals surface area contributed by atoms with E-state index >= 15 is 0 Å². The Balaban J connectivity index is 1.27. The van der Waals surface area contributed by atoms with Gasteiger partial charge in [0.1, 0.15) is 35.4 Å². The van der Waals surface area contributed by atoms with Gasteiger partial charge in [0.25, 0.3) is 9.04 Å². The molecule has 5 rings (SSSR count). The molecule has 4 N–H and O–H groups in total. The number of nitrogens with one attached hydrogen (secondary N) is 2. The van der Waals surface area contributed by atoms with Gasteiger partial charge in [0.05, 0.1) is 25.4 Å². The van der Waals surface area contributed by atoms with Crippen LogP contribution in [0.1, 0.15) is 12.0 Å². The molecule has 1 aliphatic heterocycles. The Morgan fingerprint density at radius 3 is 2.63 bits per heavy atom. The quantitative estimate of drug-likeness (QED) is 0.0601. The van der Waals surface area contributed by atoms with Gasteiger partial charge in [-0.25, -0.2) is 9.97 Å². The minimum atomic E-state index is -1.40. The first-order valence-electron chi connectivity index (χ1n) is 14.5. The third-order valence-corrected chi connectivity index (χ3v) is 9.60. The molecule has 3 aromatic rings. The van der Waals surface area contributed by atoms with Crippen molar-refractivity contribution in [2.75, 3.05) is 31.7 Å². The summed E-state index contributed by atoms with van der Waals surface area (Å²) in [7, 11) is -1.40. The fourth-order valence-corrected chi connectivity index (χ4v) is 7.03. The minimum Gasteiger partial charge on any atom is -0.506 e. The van der Waals surface area contributed by atoms with Crippen LogP contribution in [0.25, 0.3) is 0 Å². The number of anilines is 2. The first-order chi connectivity index (χ1) is 22.5. The maximum Gasteiger partial charge on any atom is 0.254 e. The van der Waals surface area contributed by atoms with Crippen LogP contribution in [0, 0.1) is 16.7 Å². The lowest BCUT2D eigenvalue weighted by Gasteiger charge is -2.24. The number of carbonyl (C=O) groups excluding carboxylic acids is 1. The number of ketones is 1. The van der Waals surface area contributed by atoms with E-state index in [9.17, 15) is 15.0 Å². The second-order valence-corrected chi connectivity index (χ2v) is 12.6. The van der Waals surface area contributed by atoms with Crippen molar-refractivity contribution in [1.29, 1.82) is 10.7 Å². The average Bonchev–Trinajstić information content (AvgIpc) is 3.06. The van der Waals surface area contributed by atoms with Gasteiger partial charge in [-0.15, -0.1) is 0 Å². The molecule has 0 amide bonds. The van der Waals surface area contributed by atoms with E-state index in [0.717, 1.165) is 17.8 Å². The third kappa shape index (κ3) is 7.99. The lowest BCUT2D eigenvalue weighted by Crippen LogP contribution is -2.40. The van der Waals surface area contributed by atoms with Gasteiger partial charge in [-0.2, -0.15) is 9.84 Å². The molecule has 2 unspecified atom stereocenters. The van der Waals surface area contributed by atoms with E-state index in [1.807, 2.05) is 36.4 Å². The molecule has 0 spiro atoms. The van der Waals surface area contributed by atoms with Gasteiger partial charge in [-0.05, 0) is 23.7 Å². The van der Waals surface area contributed by atoms with Crippen molar-refractivity contribution in [1.82, 2.24) is 9.97 Å². The van der Waals surface area contributed by atoms with Crippen molar-refractivity contribution in [3.05, 3.63) is 96.5 Å². The van der Waals surface area contributed by atoms with E-state index in [1.54, 1.807) is 17.0 Å². The van der Waals surface area contributed by atoms with Crippen molar-refractivity contribution in [2.24, 2.45) is 0 Å². The summed E-state index contributed by atoms with van der Waals surface area (Å²) in [5.74, 6) is -0.820. The molecule has 46 heavy (non-hydrogen) atoms. The summed E-state index contributed by atoms with van der Waals surface area (Å²) in [6, 6.07) is 16.4. The van der Waals surface area contributed by atoms with Gasteiger partial charge in [0, 0.05) is 11.8 Å². The summed E-state index contributed by atoms with van der Waals surface area (Å²) in [4.78, 5) is 21.6. The number of Topliss-reactive ketones (excluding diaryl/α,β-unsaturated/α-hetero) is 1. The number of benzene rings is 2. The molecule has 2 aromatic carbocycles. The minimum absolute atomic E-state index is 0.0178.